The number of benzene rings is 4. The van der Waals surface area contributed by atoms with Crippen LogP contribution in [0.25, 0.3) is 10.9 Å². The Balaban J connectivity index is 1.82. The number of carboxylic acids is 1. The summed E-state index contributed by atoms with van der Waals surface area (Å²) in [4.78, 5) is 16.3. The number of hydrogen-bond donors (Lipinski definition) is 3. The molecule has 1 heterocycles. The van der Waals surface area contributed by atoms with Gasteiger partial charge in [-0.3, -0.25) is 5.32 Å². The van der Waals surface area contributed by atoms with Crippen molar-refractivity contribution in [3.8, 4) is 0 Å². The molecule has 1 aromatic heterocycles. The van der Waals surface area contributed by atoms with E-state index in [0.717, 1.165) is 27.6 Å². The number of nitrogens with one attached hydrogen (secondary N) is 2. The van der Waals surface area contributed by atoms with E-state index in [4.69, 9.17) is 0 Å². The molecule has 0 bridgehead atoms. The molecule has 1 unspecified atom stereocenters. The lowest BCUT2D eigenvalue weighted by Gasteiger charge is -2.43. The highest BCUT2D eigenvalue weighted by atomic mass is 16.4. The van der Waals surface area contributed by atoms with E-state index in [1.54, 1.807) is 13.1 Å². The third kappa shape index (κ3) is 3.49. The van der Waals surface area contributed by atoms with Gasteiger partial charge in [-0.15, -0.1) is 0 Å². The fourth-order valence-corrected chi connectivity index (χ4v) is 4.88. The van der Waals surface area contributed by atoms with E-state index in [-0.39, 0.29) is 0 Å². The highest BCUT2D eigenvalue weighted by Gasteiger charge is 2.47. The van der Waals surface area contributed by atoms with Crippen LogP contribution in [0.15, 0.2) is 121 Å². The molecule has 0 saturated carbocycles. The molecule has 4 nitrogen and oxygen atoms in total. The van der Waals surface area contributed by atoms with E-state index in [2.05, 4.69) is 10.3 Å². The SMILES string of the molecule is CC(NC(c1ccccc1)(c1ccccc1)c1ccccc1)(C(=O)O)c1c[nH]c2ccccc12. The van der Waals surface area contributed by atoms with Gasteiger partial charge in [0.1, 0.15) is 5.54 Å². The van der Waals surface area contributed by atoms with E-state index in [0.29, 0.717) is 5.56 Å². The van der Waals surface area contributed by atoms with Gasteiger partial charge in [-0.2, -0.15) is 0 Å². The summed E-state index contributed by atoms with van der Waals surface area (Å²) in [6, 6.07) is 37.9. The van der Waals surface area contributed by atoms with Gasteiger partial charge in [0.25, 0.3) is 0 Å². The monoisotopic (exact) mass is 446 g/mol. The predicted octanol–water partition coefficient (Wildman–Crippen LogP) is 6.05. The third-order valence-electron chi connectivity index (χ3n) is 6.61. The Kier molecular flexibility index (Phi) is 5.52. The fraction of sp³-hybridized carbons (Fsp3) is 0.100. The van der Waals surface area contributed by atoms with Gasteiger partial charge in [0.05, 0.1) is 5.54 Å². The van der Waals surface area contributed by atoms with Crippen LogP contribution >= 0.6 is 0 Å². The van der Waals surface area contributed by atoms with Crippen molar-refractivity contribution in [3.63, 3.8) is 0 Å². The van der Waals surface area contributed by atoms with E-state index in [9.17, 15) is 9.90 Å². The molecule has 0 aliphatic carbocycles. The molecule has 0 amide bonds. The maximum absolute atomic E-state index is 13.1. The summed E-state index contributed by atoms with van der Waals surface area (Å²) in [7, 11) is 0. The second kappa shape index (κ2) is 8.65. The van der Waals surface area contributed by atoms with Gasteiger partial charge >= 0.3 is 5.97 Å². The second-order valence-corrected chi connectivity index (χ2v) is 8.65. The molecular formula is C30H26N2O2. The van der Waals surface area contributed by atoms with Crippen LogP contribution in [0, 0.1) is 0 Å². The van der Waals surface area contributed by atoms with Crippen LogP contribution in [0.5, 0.6) is 0 Å². The van der Waals surface area contributed by atoms with Crippen molar-refractivity contribution < 1.29 is 9.90 Å². The first-order valence-electron chi connectivity index (χ1n) is 11.3. The summed E-state index contributed by atoms with van der Waals surface area (Å²) < 4.78 is 0. The number of aliphatic carboxylic acids is 1. The van der Waals surface area contributed by atoms with Crippen LogP contribution in [0.3, 0.4) is 0 Å². The molecule has 34 heavy (non-hydrogen) atoms. The number of carbonyl (C=O) groups is 1. The fourth-order valence-electron chi connectivity index (χ4n) is 4.88. The second-order valence-electron chi connectivity index (χ2n) is 8.65. The van der Waals surface area contributed by atoms with E-state index in [1.165, 1.54) is 0 Å². The summed E-state index contributed by atoms with van der Waals surface area (Å²) >= 11 is 0. The zero-order valence-electron chi connectivity index (χ0n) is 18.9. The van der Waals surface area contributed by atoms with Crippen LogP contribution in [0.2, 0.25) is 0 Å². The quantitative estimate of drug-likeness (QED) is 0.267. The smallest absolute Gasteiger partial charge is 0.328 e. The molecule has 1 atom stereocenters. The molecule has 0 spiro atoms. The van der Waals surface area contributed by atoms with Gasteiger partial charge in [-0.05, 0) is 29.7 Å². The van der Waals surface area contributed by atoms with Crippen molar-refractivity contribution in [2.75, 3.05) is 0 Å². The van der Waals surface area contributed by atoms with Crippen LogP contribution < -0.4 is 5.32 Å². The number of H-pyrrole nitrogens is 1. The van der Waals surface area contributed by atoms with Crippen LogP contribution in [0.1, 0.15) is 29.2 Å². The lowest BCUT2D eigenvalue weighted by atomic mass is 9.74. The first kappa shape index (κ1) is 21.7. The van der Waals surface area contributed by atoms with Gasteiger partial charge in [0, 0.05) is 22.7 Å². The number of fused-ring (bicyclic) bond motifs is 1. The lowest BCUT2D eigenvalue weighted by molar-refractivity contribution is -0.145. The standard InChI is InChI=1S/C30H26N2O2/c1-29(28(33)34,26-21-31-27-20-12-11-19-25(26)27)32-30(22-13-5-2-6-14-22,23-15-7-3-8-16-23)24-17-9-4-10-18-24/h2-21,31-32H,1H3,(H,33,34). The van der Waals surface area contributed by atoms with Crippen molar-refractivity contribution in [3.05, 3.63) is 144 Å². The average Bonchev–Trinajstić information content (AvgIpc) is 3.34. The van der Waals surface area contributed by atoms with Crippen molar-refractivity contribution in [2.45, 2.75) is 18.0 Å². The Morgan fingerprint density at radius 2 is 1.15 bits per heavy atom. The molecule has 5 aromatic rings. The molecule has 0 fully saturated rings. The van der Waals surface area contributed by atoms with Crippen molar-refractivity contribution >= 4 is 16.9 Å². The van der Waals surface area contributed by atoms with Crippen molar-refractivity contribution in [1.82, 2.24) is 10.3 Å². The number of aromatic nitrogens is 1. The topological polar surface area (TPSA) is 65.1 Å². The Hall–Kier alpha value is -4.15. The number of carboxylic acid groups (broad SMARTS) is 1. The Bertz CT molecular complexity index is 1320. The maximum atomic E-state index is 13.1. The van der Waals surface area contributed by atoms with Crippen LogP contribution in [-0.4, -0.2) is 16.1 Å². The Morgan fingerprint density at radius 1 is 0.706 bits per heavy atom. The first-order chi connectivity index (χ1) is 16.6. The number of rotatable bonds is 7. The third-order valence-corrected chi connectivity index (χ3v) is 6.61. The van der Waals surface area contributed by atoms with E-state index in [1.807, 2.05) is 115 Å². The zero-order valence-corrected chi connectivity index (χ0v) is 18.9. The van der Waals surface area contributed by atoms with Crippen LogP contribution in [0.4, 0.5) is 0 Å². The molecule has 0 radical (unpaired) electrons. The summed E-state index contributed by atoms with van der Waals surface area (Å²) in [5.74, 6) is -0.954. The summed E-state index contributed by atoms with van der Waals surface area (Å²) in [6.07, 6.45) is 1.80. The molecule has 4 heteroatoms. The van der Waals surface area contributed by atoms with Gasteiger partial charge in [-0.25, -0.2) is 4.79 Å². The van der Waals surface area contributed by atoms with Crippen LogP contribution in [-0.2, 0) is 15.9 Å². The molecule has 0 aliphatic rings. The van der Waals surface area contributed by atoms with E-state index >= 15 is 0 Å². The van der Waals surface area contributed by atoms with Gasteiger partial charge in [0.2, 0.25) is 0 Å². The Labute approximate surface area is 198 Å². The normalized spacial score (nSPS) is 13.4. The molecular weight excluding hydrogens is 420 g/mol. The summed E-state index contributed by atoms with van der Waals surface area (Å²) in [5, 5.41) is 15.2. The van der Waals surface area contributed by atoms with Gasteiger partial charge < -0.3 is 10.1 Å². The number of aromatic amines is 1. The summed E-state index contributed by atoms with van der Waals surface area (Å²) in [5.41, 5.74) is 2.12. The van der Waals surface area contributed by atoms with E-state index < -0.39 is 17.0 Å². The molecule has 0 aliphatic heterocycles. The number of para-hydroxylation sites is 1. The highest BCUT2D eigenvalue weighted by molar-refractivity contribution is 5.91. The molecule has 4 aromatic carbocycles. The largest absolute Gasteiger partial charge is 0.480 e. The lowest BCUT2D eigenvalue weighted by Crippen LogP contribution is -2.58. The molecule has 168 valence electrons. The maximum Gasteiger partial charge on any atom is 0.328 e. The number of hydrogen-bond acceptors (Lipinski definition) is 2. The van der Waals surface area contributed by atoms with Crippen molar-refractivity contribution in [2.24, 2.45) is 0 Å². The van der Waals surface area contributed by atoms with Crippen molar-refractivity contribution in [1.29, 1.82) is 0 Å². The first-order valence-corrected chi connectivity index (χ1v) is 11.3. The predicted molar refractivity (Wildman–Crippen MR) is 136 cm³/mol. The molecule has 0 saturated heterocycles. The highest BCUT2D eigenvalue weighted by Crippen LogP contribution is 2.41. The minimum atomic E-state index is -1.42. The molecule has 5 rings (SSSR count). The van der Waals surface area contributed by atoms with Gasteiger partial charge in [-0.1, -0.05) is 109 Å². The summed E-state index contributed by atoms with van der Waals surface area (Å²) in [6.45, 7) is 1.74. The zero-order chi connectivity index (χ0) is 23.6. The minimum Gasteiger partial charge on any atom is -0.480 e. The average molecular weight is 447 g/mol. The Morgan fingerprint density at radius 3 is 1.62 bits per heavy atom. The minimum absolute atomic E-state index is 0.683. The molecule has 3 N–H and O–H groups in total. The van der Waals surface area contributed by atoms with Gasteiger partial charge in [0.15, 0.2) is 0 Å².